The van der Waals surface area contributed by atoms with E-state index in [-0.39, 0.29) is 5.54 Å². The van der Waals surface area contributed by atoms with E-state index in [1.165, 1.54) is 0 Å². The standard InChI is InChI=1S/C13H25N3O/c1-11(2)16(7-8-17-4)12-5-6-13(9-12,10-14)15-3/h11-12,15H,5-9H2,1-4H3. The Bertz CT molecular complexity index is 274. The predicted molar refractivity (Wildman–Crippen MR) is 68.8 cm³/mol. The van der Waals surface area contributed by atoms with Gasteiger partial charge in [-0.1, -0.05) is 0 Å². The minimum absolute atomic E-state index is 0.315. The molecule has 98 valence electrons. The molecule has 0 amide bonds. The molecule has 4 nitrogen and oxygen atoms in total. The molecule has 0 saturated heterocycles. The van der Waals surface area contributed by atoms with Crippen molar-refractivity contribution >= 4 is 0 Å². The van der Waals surface area contributed by atoms with Gasteiger partial charge >= 0.3 is 0 Å². The maximum atomic E-state index is 9.28. The van der Waals surface area contributed by atoms with Crippen LogP contribution in [0.3, 0.4) is 0 Å². The van der Waals surface area contributed by atoms with Gasteiger partial charge in [0.1, 0.15) is 5.54 Å². The second kappa shape index (κ2) is 6.34. The van der Waals surface area contributed by atoms with Gasteiger partial charge < -0.3 is 10.1 Å². The van der Waals surface area contributed by atoms with Gasteiger partial charge in [-0.2, -0.15) is 5.26 Å². The monoisotopic (exact) mass is 239 g/mol. The quantitative estimate of drug-likeness (QED) is 0.760. The molecular weight excluding hydrogens is 214 g/mol. The zero-order valence-corrected chi connectivity index (χ0v) is 11.5. The summed E-state index contributed by atoms with van der Waals surface area (Å²) in [4.78, 5) is 2.46. The number of nitrogens with zero attached hydrogens (tertiary/aromatic N) is 2. The van der Waals surface area contributed by atoms with E-state index in [0.29, 0.717) is 12.1 Å². The maximum absolute atomic E-state index is 9.28. The topological polar surface area (TPSA) is 48.3 Å². The fourth-order valence-electron chi connectivity index (χ4n) is 2.75. The fraction of sp³-hybridized carbons (Fsp3) is 0.923. The number of ether oxygens (including phenoxy) is 1. The Labute approximate surface area is 105 Å². The molecule has 0 radical (unpaired) electrons. The van der Waals surface area contributed by atoms with Crippen LogP contribution in [0.4, 0.5) is 0 Å². The zero-order chi connectivity index (χ0) is 12.9. The molecule has 0 aliphatic heterocycles. The van der Waals surface area contributed by atoms with Crippen LogP contribution < -0.4 is 5.32 Å². The van der Waals surface area contributed by atoms with Crippen molar-refractivity contribution in [1.29, 1.82) is 5.26 Å². The molecule has 17 heavy (non-hydrogen) atoms. The van der Waals surface area contributed by atoms with Gasteiger partial charge in [0.15, 0.2) is 0 Å². The van der Waals surface area contributed by atoms with E-state index in [0.717, 1.165) is 32.4 Å². The summed E-state index contributed by atoms with van der Waals surface area (Å²) in [6, 6.07) is 3.44. The van der Waals surface area contributed by atoms with Crippen LogP contribution in [0.5, 0.6) is 0 Å². The van der Waals surface area contributed by atoms with E-state index in [1.54, 1.807) is 7.11 Å². The Hall–Kier alpha value is -0.630. The molecule has 1 fully saturated rings. The highest BCUT2D eigenvalue weighted by Gasteiger charge is 2.40. The van der Waals surface area contributed by atoms with Gasteiger partial charge in [0.2, 0.25) is 0 Å². The number of nitriles is 1. The van der Waals surface area contributed by atoms with E-state index in [4.69, 9.17) is 4.74 Å². The second-order valence-electron chi connectivity index (χ2n) is 5.16. The Morgan fingerprint density at radius 2 is 2.29 bits per heavy atom. The summed E-state index contributed by atoms with van der Waals surface area (Å²) in [6.45, 7) is 6.13. The zero-order valence-electron chi connectivity index (χ0n) is 11.5. The third-order valence-corrected chi connectivity index (χ3v) is 3.87. The number of hydrogen-bond donors (Lipinski definition) is 1. The SMILES string of the molecule is CNC1(C#N)CCC(N(CCOC)C(C)C)C1. The number of hydrogen-bond acceptors (Lipinski definition) is 4. The highest BCUT2D eigenvalue weighted by Crippen LogP contribution is 2.33. The van der Waals surface area contributed by atoms with E-state index in [9.17, 15) is 5.26 Å². The van der Waals surface area contributed by atoms with E-state index >= 15 is 0 Å². The normalized spacial score (nSPS) is 28.9. The Morgan fingerprint density at radius 3 is 2.71 bits per heavy atom. The average Bonchev–Trinajstić information content (AvgIpc) is 2.74. The van der Waals surface area contributed by atoms with Crippen molar-refractivity contribution < 1.29 is 4.74 Å². The van der Waals surface area contributed by atoms with Gasteiger partial charge in [0.05, 0.1) is 12.7 Å². The molecule has 1 aliphatic rings. The average molecular weight is 239 g/mol. The van der Waals surface area contributed by atoms with Crippen LogP contribution in [0, 0.1) is 11.3 Å². The minimum Gasteiger partial charge on any atom is -0.383 e. The van der Waals surface area contributed by atoms with Gasteiger partial charge in [0, 0.05) is 25.7 Å². The molecule has 0 aromatic carbocycles. The molecule has 0 aromatic heterocycles. The van der Waals surface area contributed by atoms with Crippen LogP contribution >= 0.6 is 0 Å². The molecule has 0 bridgehead atoms. The lowest BCUT2D eigenvalue weighted by molar-refractivity contribution is 0.0954. The Kier molecular flexibility index (Phi) is 5.38. The summed E-state index contributed by atoms with van der Waals surface area (Å²) in [6.07, 6.45) is 2.96. The van der Waals surface area contributed by atoms with E-state index in [1.807, 2.05) is 7.05 Å². The lowest BCUT2D eigenvalue weighted by atomic mass is 9.99. The molecule has 0 heterocycles. The van der Waals surface area contributed by atoms with Crippen LogP contribution in [0.2, 0.25) is 0 Å². The molecule has 2 unspecified atom stereocenters. The predicted octanol–water partition coefficient (Wildman–Crippen LogP) is 1.38. The van der Waals surface area contributed by atoms with Crippen LogP contribution in [0.25, 0.3) is 0 Å². The van der Waals surface area contributed by atoms with Crippen molar-refractivity contribution in [3.05, 3.63) is 0 Å². The second-order valence-corrected chi connectivity index (χ2v) is 5.16. The first-order chi connectivity index (χ1) is 8.08. The van der Waals surface area contributed by atoms with Crippen LogP contribution in [-0.2, 0) is 4.74 Å². The van der Waals surface area contributed by atoms with E-state index < -0.39 is 0 Å². The third-order valence-electron chi connectivity index (χ3n) is 3.87. The lowest BCUT2D eigenvalue weighted by Crippen LogP contribution is -2.45. The van der Waals surface area contributed by atoms with Gasteiger partial charge in [0.25, 0.3) is 0 Å². The lowest BCUT2D eigenvalue weighted by Gasteiger charge is -2.33. The first-order valence-electron chi connectivity index (χ1n) is 6.43. The fourth-order valence-corrected chi connectivity index (χ4v) is 2.75. The van der Waals surface area contributed by atoms with Gasteiger partial charge in [-0.15, -0.1) is 0 Å². The van der Waals surface area contributed by atoms with Crippen molar-refractivity contribution in [2.75, 3.05) is 27.3 Å². The molecular formula is C13H25N3O. The first-order valence-corrected chi connectivity index (χ1v) is 6.43. The Morgan fingerprint density at radius 1 is 1.59 bits per heavy atom. The summed E-state index contributed by atoms with van der Waals surface area (Å²) in [5.74, 6) is 0. The summed E-state index contributed by atoms with van der Waals surface area (Å²) in [5, 5.41) is 12.5. The molecule has 4 heteroatoms. The number of rotatable bonds is 6. The first kappa shape index (κ1) is 14.4. The van der Waals surface area contributed by atoms with Crippen molar-refractivity contribution in [1.82, 2.24) is 10.2 Å². The van der Waals surface area contributed by atoms with Crippen molar-refractivity contribution in [3.63, 3.8) is 0 Å². The summed E-state index contributed by atoms with van der Waals surface area (Å²) < 4.78 is 5.16. The number of nitrogens with one attached hydrogen (secondary N) is 1. The molecule has 1 N–H and O–H groups in total. The van der Waals surface area contributed by atoms with Crippen molar-refractivity contribution in [2.24, 2.45) is 0 Å². The largest absolute Gasteiger partial charge is 0.383 e. The van der Waals surface area contributed by atoms with Crippen LogP contribution in [0.15, 0.2) is 0 Å². The third kappa shape index (κ3) is 3.41. The minimum atomic E-state index is -0.315. The molecule has 0 aromatic rings. The summed E-state index contributed by atoms with van der Waals surface area (Å²) in [7, 11) is 3.63. The Balaban J connectivity index is 2.63. The molecule has 1 aliphatic carbocycles. The molecule has 2 atom stereocenters. The highest BCUT2D eigenvalue weighted by molar-refractivity contribution is 5.13. The van der Waals surface area contributed by atoms with Gasteiger partial charge in [-0.25, -0.2) is 0 Å². The summed E-state index contributed by atoms with van der Waals surface area (Å²) in [5.41, 5.74) is -0.315. The van der Waals surface area contributed by atoms with Crippen molar-refractivity contribution in [2.45, 2.75) is 50.7 Å². The highest BCUT2D eigenvalue weighted by atomic mass is 16.5. The summed E-state index contributed by atoms with van der Waals surface area (Å²) >= 11 is 0. The number of methoxy groups -OCH3 is 1. The molecule has 1 saturated carbocycles. The molecule has 1 rings (SSSR count). The molecule has 0 spiro atoms. The van der Waals surface area contributed by atoms with E-state index in [2.05, 4.69) is 30.1 Å². The van der Waals surface area contributed by atoms with Crippen LogP contribution in [-0.4, -0.2) is 49.8 Å². The van der Waals surface area contributed by atoms with Gasteiger partial charge in [-0.05, 0) is 40.2 Å². The smallest absolute Gasteiger partial charge is 0.108 e. The maximum Gasteiger partial charge on any atom is 0.108 e. The van der Waals surface area contributed by atoms with Crippen LogP contribution in [0.1, 0.15) is 33.1 Å². The van der Waals surface area contributed by atoms with Crippen molar-refractivity contribution in [3.8, 4) is 6.07 Å². The van der Waals surface area contributed by atoms with Gasteiger partial charge in [-0.3, -0.25) is 4.90 Å².